The highest BCUT2D eigenvalue weighted by Crippen LogP contribution is 2.30. The topological polar surface area (TPSA) is 63.4 Å². The zero-order valence-corrected chi connectivity index (χ0v) is 17.0. The van der Waals surface area contributed by atoms with E-state index in [1.54, 1.807) is 0 Å². The minimum Gasteiger partial charge on any atom is -0.489 e. The number of ether oxygens (including phenoxy) is 1. The SMILES string of the molecule is Clc1ccc(OCc2ccccc2)c(Cc2ccc(-c3nc4c([nH]3)CCC=N4)o2)c1. The van der Waals surface area contributed by atoms with Crippen LogP contribution in [-0.4, -0.2) is 16.2 Å². The zero-order chi connectivity index (χ0) is 20.3. The molecule has 1 N–H and O–H groups in total. The summed E-state index contributed by atoms with van der Waals surface area (Å²) in [5, 5.41) is 0.667. The summed E-state index contributed by atoms with van der Waals surface area (Å²) in [6.07, 6.45) is 4.32. The number of aryl methyl sites for hydroxylation is 1. The van der Waals surface area contributed by atoms with Gasteiger partial charge in [0, 0.05) is 23.2 Å². The molecule has 150 valence electrons. The first-order valence-electron chi connectivity index (χ1n) is 9.90. The van der Waals surface area contributed by atoms with Crippen LogP contribution in [0.25, 0.3) is 11.6 Å². The molecule has 6 heteroatoms. The number of aromatic amines is 1. The lowest BCUT2D eigenvalue weighted by atomic mass is 10.1. The molecule has 0 unspecified atom stereocenters. The Morgan fingerprint density at radius 1 is 1.07 bits per heavy atom. The number of aliphatic imine (C=N–C) groups is 1. The van der Waals surface area contributed by atoms with E-state index in [1.165, 1.54) is 0 Å². The molecule has 0 saturated carbocycles. The molecule has 0 amide bonds. The van der Waals surface area contributed by atoms with Gasteiger partial charge in [-0.2, -0.15) is 0 Å². The first-order chi connectivity index (χ1) is 14.7. The Balaban J connectivity index is 1.35. The van der Waals surface area contributed by atoms with E-state index >= 15 is 0 Å². The van der Waals surface area contributed by atoms with Crippen LogP contribution in [0.1, 0.15) is 29.0 Å². The monoisotopic (exact) mass is 417 g/mol. The molecule has 2 aromatic heterocycles. The number of halogens is 1. The van der Waals surface area contributed by atoms with Crippen molar-refractivity contribution in [2.75, 3.05) is 0 Å². The molecular weight excluding hydrogens is 398 g/mol. The lowest BCUT2D eigenvalue weighted by molar-refractivity contribution is 0.303. The maximum atomic E-state index is 6.24. The van der Waals surface area contributed by atoms with E-state index in [-0.39, 0.29) is 0 Å². The second kappa shape index (κ2) is 8.20. The number of fused-ring (bicyclic) bond motifs is 1. The van der Waals surface area contributed by atoms with Crippen molar-refractivity contribution in [3.63, 3.8) is 0 Å². The molecule has 2 aromatic carbocycles. The number of rotatable bonds is 6. The van der Waals surface area contributed by atoms with Crippen molar-refractivity contribution < 1.29 is 9.15 Å². The molecule has 5 rings (SSSR count). The smallest absolute Gasteiger partial charge is 0.176 e. The third-order valence-corrected chi connectivity index (χ3v) is 5.25. The van der Waals surface area contributed by atoms with Crippen molar-refractivity contribution in [3.8, 4) is 17.3 Å². The van der Waals surface area contributed by atoms with Gasteiger partial charge in [0.2, 0.25) is 0 Å². The lowest BCUT2D eigenvalue weighted by Crippen LogP contribution is -1.99. The summed E-state index contributed by atoms with van der Waals surface area (Å²) in [6.45, 7) is 0.497. The largest absolute Gasteiger partial charge is 0.489 e. The van der Waals surface area contributed by atoms with Gasteiger partial charge < -0.3 is 14.1 Å². The Labute approximate surface area is 179 Å². The first-order valence-corrected chi connectivity index (χ1v) is 10.3. The van der Waals surface area contributed by atoms with Crippen molar-refractivity contribution in [1.29, 1.82) is 0 Å². The van der Waals surface area contributed by atoms with Crippen LogP contribution in [0.2, 0.25) is 5.02 Å². The average molecular weight is 418 g/mol. The molecule has 5 nitrogen and oxygen atoms in total. The molecule has 0 spiro atoms. The van der Waals surface area contributed by atoms with Gasteiger partial charge >= 0.3 is 0 Å². The molecule has 0 radical (unpaired) electrons. The van der Waals surface area contributed by atoms with Crippen molar-refractivity contribution >= 4 is 23.6 Å². The van der Waals surface area contributed by atoms with Crippen molar-refractivity contribution in [3.05, 3.63) is 88.3 Å². The van der Waals surface area contributed by atoms with E-state index in [1.807, 2.05) is 66.9 Å². The predicted molar refractivity (Wildman–Crippen MR) is 118 cm³/mol. The molecule has 0 atom stereocenters. The predicted octanol–water partition coefficient (Wildman–Crippen LogP) is 6.14. The van der Waals surface area contributed by atoms with E-state index in [0.717, 1.165) is 47.0 Å². The Bertz CT molecular complexity index is 1190. The van der Waals surface area contributed by atoms with Gasteiger partial charge in [0.05, 0.1) is 5.69 Å². The van der Waals surface area contributed by atoms with Crippen LogP contribution in [0, 0.1) is 0 Å². The van der Waals surface area contributed by atoms with Crippen LogP contribution in [0.5, 0.6) is 5.75 Å². The van der Waals surface area contributed by atoms with Crippen molar-refractivity contribution in [2.24, 2.45) is 4.99 Å². The zero-order valence-electron chi connectivity index (χ0n) is 16.3. The quantitative estimate of drug-likeness (QED) is 0.409. The van der Waals surface area contributed by atoms with Crippen LogP contribution in [-0.2, 0) is 19.4 Å². The first kappa shape index (κ1) is 18.7. The van der Waals surface area contributed by atoms with Gasteiger partial charge in [-0.25, -0.2) is 9.98 Å². The highest BCUT2D eigenvalue weighted by molar-refractivity contribution is 6.30. The number of aromatic nitrogens is 2. The van der Waals surface area contributed by atoms with Crippen LogP contribution >= 0.6 is 11.6 Å². The van der Waals surface area contributed by atoms with Gasteiger partial charge in [0.1, 0.15) is 18.1 Å². The average Bonchev–Trinajstić information content (AvgIpc) is 3.41. The van der Waals surface area contributed by atoms with Crippen molar-refractivity contribution in [1.82, 2.24) is 9.97 Å². The van der Waals surface area contributed by atoms with Crippen LogP contribution < -0.4 is 4.74 Å². The third-order valence-electron chi connectivity index (χ3n) is 5.01. The number of nitrogens with one attached hydrogen (secondary N) is 1. The maximum absolute atomic E-state index is 6.24. The van der Waals surface area contributed by atoms with Gasteiger partial charge in [-0.3, -0.25) is 0 Å². The number of benzene rings is 2. The molecule has 1 aliphatic heterocycles. The molecule has 0 saturated heterocycles. The molecule has 3 heterocycles. The number of furan rings is 1. The van der Waals surface area contributed by atoms with Crippen LogP contribution in [0.3, 0.4) is 0 Å². The van der Waals surface area contributed by atoms with Crippen molar-refractivity contribution in [2.45, 2.75) is 25.9 Å². The summed E-state index contributed by atoms with van der Waals surface area (Å²) in [5.74, 6) is 3.76. The lowest BCUT2D eigenvalue weighted by Gasteiger charge is -2.11. The summed E-state index contributed by atoms with van der Waals surface area (Å²) in [7, 11) is 0. The number of nitrogens with zero attached hydrogens (tertiary/aromatic N) is 2. The van der Waals surface area contributed by atoms with Crippen LogP contribution in [0.15, 0.2) is 70.1 Å². The number of H-pyrrole nitrogens is 1. The van der Waals surface area contributed by atoms with Gasteiger partial charge in [-0.15, -0.1) is 0 Å². The molecule has 0 aliphatic carbocycles. The fourth-order valence-corrected chi connectivity index (χ4v) is 3.70. The molecule has 4 aromatic rings. The number of imidazole rings is 1. The summed E-state index contributed by atoms with van der Waals surface area (Å²) >= 11 is 6.24. The van der Waals surface area contributed by atoms with E-state index < -0.39 is 0 Å². The van der Waals surface area contributed by atoms with Gasteiger partial charge in [-0.05, 0) is 48.7 Å². The Hall–Kier alpha value is -3.31. The fourth-order valence-electron chi connectivity index (χ4n) is 3.51. The second-order valence-electron chi connectivity index (χ2n) is 7.21. The number of hydrogen-bond acceptors (Lipinski definition) is 4. The minimum atomic E-state index is 0.497. The summed E-state index contributed by atoms with van der Waals surface area (Å²) in [4.78, 5) is 12.2. The van der Waals surface area contributed by atoms with E-state index in [9.17, 15) is 0 Å². The molecule has 0 fully saturated rings. The molecule has 30 heavy (non-hydrogen) atoms. The minimum absolute atomic E-state index is 0.497. The van der Waals surface area contributed by atoms with Crippen LogP contribution in [0.4, 0.5) is 5.82 Å². The Kier molecular flexibility index (Phi) is 5.11. The van der Waals surface area contributed by atoms with E-state index in [2.05, 4.69) is 15.0 Å². The fraction of sp³-hybridized carbons (Fsp3) is 0.167. The Morgan fingerprint density at radius 3 is 2.83 bits per heavy atom. The van der Waals surface area contributed by atoms with Gasteiger partial charge in [0.25, 0.3) is 0 Å². The van der Waals surface area contributed by atoms with E-state index in [0.29, 0.717) is 29.6 Å². The highest BCUT2D eigenvalue weighted by atomic mass is 35.5. The summed E-state index contributed by atoms with van der Waals surface area (Å²) in [6, 6.07) is 19.6. The standard InChI is InChI=1S/C24H20ClN3O2/c25-18-8-10-21(29-15-16-5-2-1-3-6-16)17(13-18)14-19-9-11-22(30-19)24-27-20-7-4-12-26-23(20)28-24/h1-3,5-6,8-13H,4,7,14-15H2,(H,27,28). The number of hydrogen-bond donors (Lipinski definition) is 1. The third kappa shape index (κ3) is 4.02. The Morgan fingerprint density at radius 2 is 1.97 bits per heavy atom. The van der Waals surface area contributed by atoms with Gasteiger partial charge in [-0.1, -0.05) is 41.9 Å². The highest BCUT2D eigenvalue weighted by Gasteiger charge is 2.16. The molecule has 0 bridgehead atoms. The summed E-state index contributed by atoms with van der Waals surface area (Å²) in [5.41, 5.74) is 3.14. The normalized spacial score (nSPS) is 12.7. The second-order valence-corrected chi connectivity index (χ2v) is 7.64. The summed E-state index contributed by atoms with van der Waals surface area (Å²) < 4.78 is 12.1. The molecular formula is C24H20ClN3O2. The van der Waals surface area contributed by atoms with Gasteiger partial charge in [0.15, 0.2) is 17.4 Å². The molecule has 1 aliphatic rings. The van der Waals surface area contributed by atoms with E-state index in [4.69, 9.17) is 20.8 Å². The maximum Gasteiger partial charge on any atom is 0.176 e.